The van der Waals surface area contributed by atoms with Gasteiger partial charge in [0.15, 0.2) is 11.8 Å². The van der Waals surface area contributed by atoms with E-state index in [0.717, 1.165) is 41.6 Å². The molecule has 0 spiro atoms. The Morgan fingerprint density at radius 2 is 2.06 bits per heavy atom. The zero-order valence-electron chi connectivity index (χ0n) is 19.2. The van der Waals surface area contributed by atoms with Crippen molar-refractivity contribution in [3.63, 3.8) is 0 Å². The predicted molar refractivity (Wildman–Crippen MR) is 133 cm³/mol. The molecule has 35 heavy (non-hydrogen) atoms. The van der Waals surface area contributed by atoms with Crippen LogP contribution in [0.4, 0.5) is 14.7 Å². The number of hydrogen-bond acceptors (Lipinski definition) is 8. The lowest BCUT2D eigenvalue weighted by molar-refractivity contribution is -0.126. The molecule has 0 fully saturated rings. The molecule has 0 unspecified atom stereocenters. The van der Waals surface area contributed by atoms with Crippen LogP contribution < -0.4 is 10.6 Å². The number of carbonyl (C=O) groups is 1. The maximum Gasteiger partial charge on any atom is 0.260 e. The highest BCUT2D eigenvalue weighted by Gasteiger charge is 2.25. The molecule has 180 valence electrons. The number of amides is 1. The largest absolute Gasteiger partial charge is 0.367 e. The average Bonchev–Trinajstić information content (AvgIpc) is 3.51. The van der Waals surface area contributed by atoms with Crippen molar-refractivity contribution in [2.45, 2.75) is 38.3 Å². The topological polar surface area (TPSA) is 118 Å². The third-order valence-electron chi connectivity index (χ3n) is 5.94. The molecule has 1 aliphatic rings. The molecule has 0 saturated carbocycles. The number of halogens is 1. The maximum absolute atomic E-state index is 14.3. The summed E-state index contributed by atoms with van der Waals surface area (Å²) in [5, 5.41) is 24.8. The highest BCUT2D eigenvalue weighted by atomic mass is 32.1. The molecule has 3 N–H and O–H groups in total. The van der Waals surface area contributed by atoms with Crippen molar-refractivity contribution in [2.75, 3.05) is 17.7 Å². The van der Waals surface area contributed by atoms with Crippen molar-refractivity contribution in [1.82, 2.24) is 25.4 Å². The molecule has 9 nitrogen and oxygen atoms in total. The summed E-state index contributed by atoms with van der Waals surface area (Å²) in [5.74, 6) is -1.01. The summed E-state index contributed by atoms with van der Waals surface area (Å²) in [6.07, 6.45) is 5.51. The molecule has 0 bridgehead atoms. The summed E-state index contributed by atoms with van der Waals surface area (Å²) in [5.41, 5.74) is 3.87. The molecule has 1 aliphatic carbocycles. The molecule has 3 aromatic heterocycles. The molecule has 1 aromatic carbocycles. The molecule has 3 heterocycles. The molecule has 0 radical (unpaired) electrons. The summed E-state index contributed by atoms with van der Waals surface area (Å²) in [6.45, 7) is 1.83. The number of anilines is 2. The lowest BCUT2D eigenvalue weighted by Crippen LogP contribution is -2.23. The number of aromatic nitrogens is 5. The Morgan fingerprint density at radius 1 is 1.20 bits per heavy atom. The second-order valence-electron chi connectivity index (χ2n) is 8.40. The highest BCUT2D eigenvalue weighted by molar-refractivity contribution is 7.19. The minimum Gasteiger partial charge on any atom is -0.367 e. The zero-order valence-corrected chi connectivity index (χ0v) is 20.0. The Balaban J connectivity index is 1.20. The summed E-state index contributed by atoms with van der Waals surface area (Å²) < 4.78 is 19.5. The van der Waals surface area contributed by atoms with Crippen LogP contribution in [0, 0.1) is 12.7 Å². The van der Waals surface area contributed by atoms with Gasteiger partial charge in [0.05, 0.1) is 5.69 Å². The van der Waals surface area contributed by atoms with Crippen LogP contribution in [0.3, 0.4) is 0 Å². The van der Waals surface area contributed by atoms with Gasteiger partial charge in [-0.1, -0.05) is 35.1 Å². The molecule has 1 amide bonds. The molecule has 11 heteroatoms. The molecule has 5 rings (SSSR count). The predicted octanol–water partition coefficient (Wildman–Crippen LogP) is 4.63. The number of ether oxygens (including phenoxy) is 1. The van der Waals surface area contributed by atoms with Crippen LogP contribution in [0.2, 0.25) is 0 Å². The van der Waals surface area contributed by atoms with Crippen LogP contribution in [0.5, 0.6) is 0 Å². The van der Waals surface area contributed by atoms with Gasteiger partial charge in [-0.15, -0.1) is 20.4 Å². The van der Waals surface area contributed by atoms with Crippen LogP contribution in [0.25, 0.3) is 16.6 Å². The summed E-state index contributed by atoms with van der Waals surface area (Å²) in [7, 11) is 1.37. The quantitative estimate of drug-likeness (QED) is 0.343. The van der Waals surface area contributed by atoms with E-state index in [4.69, 9.17) is 4.74 Å². The van der Waals surface area contributed by atoms with Gasteiger partial charge in [0, 0.05) is 30.3 Å². The van der Waals surface area contributed by atoms with Crippen LogP contribution in [-0.2, 0) is 9.53 Å². The number of benzene rings is 1. The van der Waals surface area contributed by atoms with Crippen molar-refractivity contribution < 1.29 is 13.9 Å². The van der Waals surface area contributed by atoms with E-state index in [-0.39, 0.29) is 11.6 Å². The second kappa shape index (κ2) is 9.88. The fourth-order valence-electron chi connectivity index (χ4n) is 4.13. The van der Waals surface area contributed by atoms with Gasteiger partial charge in [-0.3, -0.25) is 10.1 Å². The van der Waals surface area contributed by atoms with E-state index in [1.54, 1.807) is 12.1 Å². The van der Waals surface area contributed by atoms with E-state index in [9.17, 15) is 9.18 Å². The van der Waals surface area contributed by atoms with Gasteiger partial charge < -0.3 is 15.0 Å². The van der Waals surface area contributed by atoms with E-state index in [1.807, 2.05) is 25.3 Å². The Morgan fingerprint density at radius 3 is 2.86 bits per heavy atom. The lowest BCUT2D eigenvalue weighted by Gasteiger charge is -2.22. The summed E-state index contributed by atoms with van der Waals surface area (Å²) in [4.78, 5) is 15.8. The monoisotopic (exact) mass is 493 g/mol. The number of carbonyl (C=O) groups excluding carboxylic acids is 1. The SMILES string of the molecule is CO[C@@H](C(=O)Nc1nnc(N[C@H]2CC=C(c3cc4cc[nH]c4nn3)CC2)s1)c1cc(C)ccc1F. The fourth-order valence-corrected chi connectivity index (χ4v) is 4.85. The second-order valence-corrected chi connectivity index (χ2v) is 9.38. The summed E-state index contributed by atoms with van der Waals surface area (Å²) in [6, 6.07) is 8.79. The third kappa shape index (κ3) is 5.05. The van der Waals surface area contributed by atoms with Crippen molar-refractivity contribution in [3.05, 3.63) is 65.2 Å². The number of nitrogens with zero attached hydrogens (tertiary/aromatic N) is 4. The normalized spacial score (nSPS) is 16.7. The first-order valence-corrected chi connectivity index (χ1v) is 12.0. The lowest BCUT2D eigenvalue weighted by atomic mass is 9.93. The average molecular weight is 494 g/mol. The van der Waals surface area contributed by atoms with E-state index in [2.05, 4.69) is 42.1 Å². The van der Waals surface area contributed by atoms with Gasteiger partial charge >= 0.3 is 0 Å². The Kier molecular flexibility index (Phi) is 6.51. The molecular weight excluding hydrogens is 469 g/mol. The van der Waals surface area contributed by atoms with Gasteiger partial charge in [0.2, 0.25) is 10.3 Å². The van der Waals surface area contributed by atoms with Crippen LogP contribution >= 0.6 is 11.3 Å². The smallest absolute Gasteiger partial charge is 0.260 e. The number of nitrogens with one attached hydrogen (secondary N) is 3. The Labute approximate surface area is 204 Å². The Bertz CT molecular complexity index is 1400. The molecule has 0 saturated heterocycles. The number of fused-ring (bicyclic) bond motifs is 1. The molecule has 0 aliphatic heterocycles. The number of aryl methyl sites for hydroxylation is 1. The van der Waals surface area contributed by atoms with Gasteiger partial charge in [0.25, 0.3) is 5.91 Å². The standard InChI is InChI=1S/C24H24FN7O2S/c1-13-3-8-18(25)17(11-13)20(34-2)22(33)28-24-32-31-23(35-24)27-16-6-4-14(5-7-16)19-12-15-9-10-26-21(15)30-29-19/h3-4,8-12,16,20H,5-7H2,1-2H3,(H,26,30)(H,27,31)(H,28,32,33)/t16-,20+/m0/s1. The number of rotatable bonds is 7. The highest BCUT2D eigenvalue weighted by Crippen LogP contribution is 2.30. The molecule has 2 atom stereocenters. The first-order valence-electron chi connectivity index (χ1n) is 11.2. The van der Waals surface area contributed by atoms with Crippen LogP contribution in [-0.4, -0.2) is 44.4 Å². The van der Waals surface area contributed by atoms with Crippen molar-refractivity contribution in [2.24, 2.45) is 0 Å². The van der Waals surface area contributed by atoms with E-state index >= 15 is 0 Å². The van der Waals surface area contributed by atoms with Gasteiger partial charge in [-0.05, 0) is 50.0 Å². The minimum absolute atomic E-state index is 0.179. The Hall–Kier alpha value is -3.70. The maximum atomic E-state index is 14.3. The molecular formula is C24H24FN7O2S. The van der Waals surface area contributed by atoms with Crippen molar-refractivity contribution >= 4 is 44.1 Å². The van der Waals surface area contributed by atoms with E-state index in [1.165, 1.54) is 30.1 Å². The third-order valence-corrected chi connectivity index (χ3v) is 6.71. The minimum atomic E-state index is -1.09. The van der Waals surface area contributed by atoms with Crippen LogP contribution in [0.15, 0.2) is 42.6 Å². The fraction of sp³-hybridized carbons (Fsp3) is 0.292. The first-order chi connectivity index (χ1) is 17.0. The number of aromatic amines is 1. The number of hydrogen-bond donors (Lipinski definition) is 3. The zero-order chi connectivity index (χ0) is 24.4. The van der Waals surface area contributed by atoms with Crippen LogP contribution in [0.1, 0.15) is 42.2 Å². The van der Waals surface area contributed by atoms with Gasteiger partial charge in [0.1, 0.15) is 5.82 Å². The van der Waals surface area contributed by atoms with Gasteiger partial charge in [-0.2, -0.15) is 0 Å². The van der Waals surface area contributed by atoms with E-state index in [0.29, 0.717) is 10.3 Å². The van der Waals surface area contributed by atoms with Crippen molar-refractivity contribution in [3.8, 4) is 0 Å². The first kappa shape index (κ1) is 23.1. The molecule has 4 aromatic rings. The van der Waals surface area contributed by atoms with Crippen molar-refractivity contribution in [1.29, 1.82) is 0 Å². The number of methoxy groups -OCH3 is 1. The number of allylic oxidation sites excluding steroid dienone is 1. The van der Waals surface area contributed by atoms with Gasteiger partial charge in [-0.25, -0.2) is 4.39 Å². The summed E-state index contributed by atoms with van der Waals surface area (Å²) >= 11 is 1.22. The number of H-pyrrole nitrogens is 1. The van der Waals surface area contributed by atoms with E-state index < -0.39 is 17.8 Å².